The van der Waals surface area contributed by atoms with E-state index in [-0.39, 0.29) is 5.91 Å². The van der Waals surface area contributed by atoms with Crippen LogP contribution in [0.5, 0.6) is 0 Å². The third-order valence-corrected chi connectivity index (χ3v) is 2.71. The van der Waals surface area contributed by atoms with Crippen LogP contribution in [0.2, 0.25) is 0 Å². The van der Waals surface area contributed by atoms with Crippen molar-refractivity contribution in [2.75, 3.05) is 6.54 Å². The largest absolute Gasteiger partial charge is 0.333 e. The third-order valence-electron chi connectivity index (χ3n) is 2.71. The quantitative estimate of drug-likeness (QED) is 0.781. The van der Waals surface area contributed by atoms with Crippen molar-refractivity contribution in [3.63, 3.8) is 0 Å². The molecule has 1 aliphatic rings. The van der Waals surface area contributed by atoms with Crippen LogP contribution in [0, 0.1) is 18.3 Å². The number of aryl methyl sites for hydroxylation is 1. The average molecular weight is 230 g/mol. The van der Waals surface area contributed by atoms with Crippen LogP contribution >= 0.6 is 0 Å². The van der Waals surface area contributed by atoms with Gasteiger partial charge in [-0.25, -0.2) is 4.98 Å². The molecular weight excluding hydrogens is 216 g/mol. The number of amides is 1. The maximum Gasteiger partial charge on any atom is 0.274 e. The van der Waals surface area contributed by atoms with E-state index in [1.165, 1.54) is 6.20 Å². The Morgan fingerprint density at radius 2 is 2.29 bits per heavy atom. The highest BCUT2D eigenvalue weighted by molar-refractivity contribution is 5.92. The van der Waals surface area contributed by atoms with E-state index in [2.05, 4.69) is 16.0 Å². The molecule has 5 nitrogen and oxygen atoms in total. The molecule has 5 heteroatoms. The smallest absolute Gasteiger partial charge is 0.274 e. The lowest BCUT2D eigenvalue weighted by atomic mass is 10.3. The van der Waals surface area contributed by atoms with Crippen molar-refractivity contribution < 1.29 is 4.79 Å². The van der Waals surface area contributed by atoms with Crippen LogP contribution in [0.3, 0.4) is 0 Å². The molecule has 0 aliphatic heterocycles. The van der Waals surface area contributed by atoms with Gasteiger partial charge in [0.25, 0.3) is 5.91 Å². The minimum Gasteiger partial charge on any atom is -0.333 e. The molecule has 1 amide bonds. The van der Waals surface area contributed by atoms with E-state index < -0.39 is 0 Å². The highest BCUT2D eigenvalue weighted by Gasteiger charge is 2.33. The SMILES string of the molecule is Cc1cnc(C(=O)N(CCC#N)C2CC2)cn1. The van der Waals surface area contributed by atoms with E-state index in [0.29, 0.717) is 24.7 Å². The van der Waals surface area contributed by atoms with Crippen LogP contribution < -0.4 is 0 Å². The van der Waals surface area contributed by atoms with E-state index in [4.69, 9.17) is 5.26 Å². The fourth-order valence-electron chi connectivity index (χ4n) is 1.66. The molecule has 1 aromatic rings. The molecular formula is C12H14N4O. The minimum absolute atomic E-state index is 0.116. The molecule has 0 aromatic carbocycles. The number of hydrogen-bond acceptors (Lipinski definition) is 4. The lowest BCUT2D eigenvalue weighted by Gasteiger charge is -2.20. The average Bonchev–Trinajstić information content (AvgIpc) is 3.14. The molecule has 1 heterocycles. The van der Waals surface area contributed by atoms with Crippen molar-refractivity contribution in [1.82, 2.24) is 14.9 Å². The predicted molar refractivity (Wildman–Crippen MR) is 61.1 cm³/mol. The summed E-state index contributed by atoms with van der Waals surface area (Å²) >= 11 is 0. The van der Waals surface area contributed by atoms with Crippen LogP contribution in [0.1, 0.15) is 35.4 Å². The van der Waals surface area contributed by atoms with E-state index >= 15 is 0 Å². The Morgan fingerprint density at radius 1 is 1.53 bits per heavy atom. The second-order valence-corrected chi connectivity index (χ2v) is 4.18. The monoisotopic (exact) mass is 230 g/mol. The number of carbonyl (C=O) groups excluding carboxylic acids is 1. The fraction of sp³-hybridized carbons (Fsp3) is 0.500. The summed E-state index contributed by atoms with van der Waals surface area (Å²) in [6.45, 7) is 2.31. The molecule has 0 atom stereocenters. The summed E-state index contributed by atoms with van der Waals surface area (Å²) in [5, 5.41) is 8.59. The van der Waals surface area contributed by atoms with Gasteiger partial charge >= 0.3 is 0 Å². The molecule has 0 spiro atoms. The maximum atomic E-state index is 12.2. The molecule has 0 saturated heterocycles. The molecule has 1 fully saturated rings. The molecule has 2 rings (SSSR count). The van der Waals surface area contributed by atoms with Gasteiger partial charge in [0.15, 0.2) is 0 Å². The number of rotatable bonds is 4. The number of carbonyl (C=O) groups is 1. The van der Waals surface area contributed by atoms with Gasteiger partial charge < -0.3 is 4.90 Å². The first-order valence-corrected chi connectivity index (χ1v) is 5.69. The Balaban J connectivity index is 2.10. The zero-order valence-corrected chi connectivity index (χ0v) is 9.76. The summed E-state index contributed by atoms with van der Waals surface area (Å²) in [7, 11) is 0. The van der Waals surface area contributed by atoms with Crippen LogP contribution in [0.4, 0.5) is 0 Å². The van der Waals surface area contributed by atoms with Crippen molar-refractivity contribution >= 4 is 5.91 Å². The summed E-state index contributed by atoms with van der Waals surface area (Å²) in [6, 6.07) is 2.36. The molecule has 0 unspecified atom stereocenters. The summed E-state index contributed by atoms with van der Waals surface area (Å²) in [5.74, 6) is -0.116. The lowest BCUT2D eigenvalue weighted by Crippen LogP contribution is -2.34. The lowest BCUT2D eigenvalue weighted by molar-refractivity contribution is 0.0740. The predicted octanol–water partition coefficient (Wildman–Crippen LogP) is 1.30. The van der Waals surface area contributed by atoms with Crippen molar-refractivity contribution in [1.29, 1.82) is 5.26 Å². The van der Waals surface area contributed by atoms with Gasteiger partial charge in [-0.1, -0.05) is 0 Å². The molecule has 0 bridgehead atoms. The second-order valence-electron chi connectivity index (χ2n) is 4.18. The zero-order valence-electron chi connectivity index (χ0n) is 9.76. The second kappa shape index (κ2) is 4.91. The number of nitriles is 1. The fourth-order valence-corrected chi connectivity index (χ4v) is 1.66. The molecule has 1 aromatic heterocycles. The normalized spacial score (nSPS) is 14.1. The first-order valence-electron chi connectivity index (χ1n) is 5.69. The molecule has 1 saturated carbocycles. The van der Waals surface area contributed by atoms with Gasteiger partial charge in [-0.15, -0.1) is 0 Å². The van der Waals surface area contributed by atoms with E-state index in [1.807, 2.05) is 6.92 Å². The summed E-state index contributed by atoms with van der Waals surface area (Å²) < 4.78 is 0. The number of hydrogen-bond donors (Lipinski definition) is 0. The Hall–Kier alpha value is -1.96. The molecule has 0 radical (unpaired) electrons. The van der Waals surface area contributed by atoms with E-state index in [9.17, 15) is 4.79 Å². The van der Waals surface area contributed by atoms with Crippen LogP contribution in [0.25, 0.3) is 0 Å². The van der Waals surface area contributed by atoms with E-state index in [1.54, 1.807) is 11.1 Å². The zero-order chi connectivity index (χ0) is 12.3. The van der Waals surface area contributed by atoms with Crippen molar-refractivity contribution in [2.24, 2.45) is 0 Å². The Bertz CT molecular complexity index is 445. The highest BCUT2D eigenvalue weighted by atomic mass is 16.2. The molecule has 88 valence electrons. The summed E-state index contributed by atoms with van der Waals surface area (Å²) in [5.41, 5.74) is 1.15. The molecule has 17 heavy (non-hydrogen) atoms. The van der Waals surface area contributed by atoms with Crippen LogP contribution in [-0.2, 0) is 0 Å². The van der Waals surface area contributed by atoms with Gasteiger partial charge in [0.2, 0.25) is 0 Å². The Kier molecular flexibility index (Phi) is 3.33. The number of nitrogens with zero attached hydrogens (tertiary/aromatic N) is 4. The van der Waals surface area contributed by atoms with Gasteiger partial charge in [0, 0.05) is 18.8 Å². The van der Waals surface area contributed by atoms with Gasteiger partial charge in [-0.2, -0.15) is 5.26 Å². The van der Waals surface area contributed by atoms with Crippen LogP contribution in [0.15, 0.2) is 12.4 Å². The Morgan fingerprint density at radius 3 is 2.82 bits per heavy atom. The van der Waals surface area contributed by atoms with Gasteiger partial charge in [-0.05, 0) is 19.8 Å². The van der Waals surface area contributed by atoms with Crippen LogP contribution in [-0.4, -0.2) is 33.4 Å². The van der Waals surface area contributed by atoms with Crippen molar-refractivity contribution in [3.05, 3.63) is 23.8 Å². The van der Waals surface area contributed by atoms with Crippen molar-refractivity contribution in [2.45, 2.75) is 32.2 Å². The summed E-state index contributed by atoms with van der Waals surface area (Å²) in [4.78, 5) is 22.0. The highest BCUT2D eigenvalue weighted by Crippen LogP contribution is 2.27. The summed E-state index contributed by atoms with van der Waals surface area (Å²) in [6.07, 6.45) is 5.50. The van der Waals surface area contributed by atoms with Gasteiger partial charge in [-0.3, -0.25) is 9.78 Å². The first-order chi connectivity index (χ1) is 8.22. The standard InChI is InChI=1S/C12H14N4O/c1-9-7-15-11(8-14-9)12(17)16(6-2-5-13)10-3-4-10/h7-8,10H,2-4,6H2,1H3. The third kappa shape index (κ3) is 2.78. The topological polar surface area (TPSA) is 69.9 Å². The van der Waals surface area contributed by atoms with Crippen molar-refractivity contribution in [3.8, 4) is 6.07 Å². The first kappa shape index (κ1) is 11.5. The molecule has 0 N–H and O–H groups in total. The molecule has 1 aliphatic carbocycles. The Labute approximate surface area is 100 Å². The van der Waals surface area contributed by atoms with E-state index in [0.717, 1.165) is 18.5 Å². The maximum absolute atomic E-state index is 12.2. The minimum atomic E-state index is -0.116. The van der Waals surface area contributed by atoms with Gasteiger partial charge in [0.1, 0.15) is 5.69 Å². The van der Waals surface area contributed by atoms with Gasteiger partial charge in [0.05, 0.1) is 24.4 Å². The number of aromatic nitrogens is 2.